The maximum absolute atomic E-state index is 13.8. The molecule has 0 aliphatic rings. The number of guanidine groups is 2. The van der Waals surface area contributed by atoms with E-state index in [1.807, 2.05) is 0 Å². The topological polar surface area (TPSA) is 295 Å². The Hall–Kier alpha value is -5.41. The molecule has 0 radical (unpaired) electrons. The lowest BCUT2D eigenvalue weighted by molar-refractivity contribution is -0.134. The number of nitrogens with one attached hydrogen (secondary N) is 5. The van der Waals surface area contributed by atoms with Crippen molar-refractivity contribution in [1.29, 1.82) is 5.41 Å². The molecule has 1 aromatic rings. The molecule has 0 bridgehead atoms. The number of unbranched alkanes of at least 4 members (excludes halogenated alkanes) is 8. The van der Waals surface area contributed by atoms with E-state index in [1.54, 1.807) is 38.1 Å². The summed E-state index contributed by atoms with van der Waals surface area (Å²) in [5.41, 5.74) is 28.8. The van der Waals surface area contributed by atoms with Crippen LogP contribution < -0.4 is 49.9 Å². The molecule has 330 valence electrons. The molecule has 1 rings (SSSR count). The van der Waals surface area contributed by atoms with E-state index in [0.717, 1.165) is 50.5 Å². The summed E-state index contributed by atoms with van der Waals surface area (Å²) in [6.45, 7) is 6.44. The normalized spacial score (nSPS) is 12.7. The molecular formula is C43H74N12O4. The van der Waals surface area contributed by atoms with E-state index >= 15 is 0 Å². The largest absolute Gasteiger partial charge is 0.384 e. The average Bonchev–Trinajstić information content (AvgIpc) is 3.19. The molecule has 0 aliphatic heterocycles. The zero-order valence-electron chi connectivity index (χ0n) is 35.8. The van der Waals surface area contributed by atoms with Crippen molar-refractivity contribution >= 4 is 41.4 Å². The highest BCUT2D eigenvalue weighted by molar-refractivity contribution is 5.95. The van der Waals surface area contributed by atoms with Crippen molar-refractivity contribution in [2.24, 2.45) is 44.6 Å². The Balaban J connectivity index is 2.83. The van der Waals surface area contributed by atoms with Crippen molar-refractivity contribution in [1.82, 2.24) is 21.3 Å². The van der Waals surface area contributed by atoms with Gasteiger partial charge in [-0.3, -0.25) is 34.6 Å². The number of amidine groups is 1. The smallest absolute Gasteiger partial charge is 0.243 e. The quantitative estimate of drug-likeness (QED) is 0.0219. The van der Waals surface area contributed by atoms with Crippen LogP contribution in [0.15, 0.2) is 58.6 Å². The van der Waals surface area contributed by atoms with Gasteiger partial charge >= 0.3 is 0 Å². The Morgan fingerprint density at radius 3 is 1.75 bits per heavy atom. The lowest BCUT2D eigenvalue weighted by atomic mass is 10.0. The standard InChI is InChI=1S/C43H74N12O4/c1-4-5-6-7-8-9-10-11-12-13-14-15-16-17-18-23-36(56)53-35(22-20-29-51-43(48)49)40(58)55-37(31(2)3)41(59)54-34(21-19-28-50-42(46)47)39(57)52-30-32-24-26-33(27-25-32)38(44)45/h8-9,11-12,24-27,31,34-35,37H,4-7,10,13-23,28-30H2,1-3H3,(H3,44,45)(H,52,57)(H,53,56)(H,54,59)(H,55,58)(H4,46,47,50)(H4,48,49,51)/b9-8-,12-11-/t34-,35-,37?/m0/s1. The second kappa shape index (κ2) is 31.6. The first-order valence-electron chi connectivity index (χ1n) is 21.3. The van der Waals surface area contributed by atoms with E-state index < -0.39 is 35.8 Å². The van der Waals surface area contributed by atoms with E-state index in [-0.39, 0.29) is 68.5 Å². The molecular weight excluding hydrogens is 749 g/mol. The maximum Gasteiger partial charge on any atom is 0.243 e. The van der Waals surface area contributed by atoms with Crippen LogP contribution in [0, 0.1) is 11.3 Å². The highest BCUT2D eigenvalue weighted by Gasteiger charge is 2.31. The minimum Gasteiger partial charge on any atom is -0.384 e. The van der Waals surface area contributed by atoms with Gasteiger partial charge < -0.3 is 49.9 Å². The molecule has 15 N–H and O–H groups in total. The maximum atomic E-state index is 13.8. The third-order valence-corrected chi connectivity index (χ3v) is 9.51. The van der Waals surface area contributed by atoms with Crippen LogP contribution in [0.2, 0.25) is 0 Å². The lowest BCUT2D eigenvalue weighted by Gasteiger charge is -2.27. The monoisotopic (exact) mass is 823 g/mol. The molecule has 1 aromatic carbocycles. The highest BCUT2D eigenvalue weighted by Crippen LogP contribution is 2.11. The molecule has 59 heavy (non-hydrogen) atoms. The van der Waals surface area contributed by atoms with E-state index in [2.05, 4.69) is 62.5 Å². The van der Waals surface area contributed by atoms with Crippen LogP contribution in [0.4, 0.5) is 0 Å². The summed E-state index contributed by atoms with van der Waals surface area (Å²) in [7, 11) is 0. The van der Waals surface area contributed by atoms with Crippen LogP contribution in [0.1, 0.15) is 135 Å². The molecule has 1 unspecified atom stereocenters. The lowest BCUT2D eigenvalue weighted by Crippen LogP contribution is -2.58. The number of nitrogens with zero attached hydrogens (tertiary/aromatic N) is 2. The summed E-state index contributed by atoms with van der Waals surface area (Å²) in [6, 6.07) is 3.94. The summed E-state index contributed by atoms with van der Waals surface area (Å²) in [5.74, 6) is -2.37. The number of nitrogens with two attached hydrogens (primary N) is 5. The second-order valence-corrected chi connectivity index (χ2v) is 15.1. The Kier molecular flexibility index (Phi) is 27.6. The van der Waals surface area contributed by atoms with E-state index in [4.69, 9.17) is 34.1 Å². The fourth-order valence-corrected chi connectivity index (χ4v) is 6.07. The van der Waals surface area contributed by atoms with Crippen LogP contribution in [-0.2, 0) is 25.7 Å². The average molecular weight is 823 g/mol. The molecule has 0 saturated carbocycles. The van der Waals surface area contributed by atoms with Gasteiger partial charge in [0.2, 0.25) is 23.6 Å². The molecule has 0 fully saturated rings. The van der Waals surface area contributed by atoms with Crippen molar-refractivity contribution < 1.29 is 19.2 Å². The van der Waals surface area contributed by atoms with Crippen molar-refractivity contribution in [2.75, 3.05) is 13.1 Å². The van der Waals surface area contributed by atoms with E-state index in [9.17, 15) is 19.2 Å². The first kappa shape index (κ1) is 51.6. The van der Waals surface area contributed by atoms with Crippen LogP contribution in [0.25, 0.3) is 0 Å². The fourth-order valence-electron chi connectivity index (χ4n) is 6.07. The molecule has 0 aromatic heterocycles. The zero-order valence-corrected chi connectivity index (χ0v) is 35.8. The molecule has 16 heteroatoms. The first-order chi connectivity index (χ1) is 28.2. The summed E-state index contributed by atoms with van der Waals surface area (Å²) in [4.78, 5) is 61.9. The molecule has 0 heterocycles. The Labute approximate surface area is 352 Å². The highest BCUT2D eigenvalue weighted by atomic mass is 16.2. The molecule has 0 spiro atoms. The predicted molar refractivity (Wildman–Crippen MR) is 239 cm³/mol. The van der Waals surface area contributed by atoms with Gasteiger partial charge in [-0.25, -0.2) is 0 Å². The minimum atomic E-state index is -1.02. The zero-order chi connectivity index (χ0) is 43.8. The van der Waals surface area contributed by atoms with Crippen LogP contribution in [0.3, 0.4) is 0 Å². The minimum absolute atomic E-state index is 0.0667. The fraction of sp³-hybridized carbons (Fsp3) is 0.605. The van der Waals surface area contributed by atoms with Gasteiger partial charge in [-0.15, -0.1) is 0 Å². The van der Waals surface area contributed by atoms with Gasteiger partial charge in [-0.05, 0) is 75.7 Å². The first-order valence-corrected chi connectivity index (χ1v) is 21.3. The van der Waals surface area contributed by atoms with Crippen molar-refractivity contribution in [3.8, 4) is 0 Å². The van der Waals surface area contributed by atoms with Gasteiger partial charge in [0.1, 0.15) is 24.0 Å². The third-order valence-electron chi connectivity index (χ3n) is 9.51. The Bertz CT molecular complexity index is 1520. The van der Waals surface area contributed by atoms with Gasteiger partial charge in [0, 0.05) is 31.6 Å². The molecule has 16 nitrogen and oxygen atoms in total. The van der Waals surface area contributed by atoms with Crippen LogP contribution in [0.5, 0.6) is 0 Å². The van der Waals surface area contributed by atoms with Crippen LogP contribution in [-0.4, -0.2) is 72.6 Å². The molecule has 0 saturated heterocycles. The number of aliphatic imine (C=N–C) groups is 2. The summed E-state index contributed by atoms with van der Waals surface area (Å²) in [5, 5.41) is 18.9. The number of benzene rings is 1. The number of hydrogen-bond acceptors (Lipinski definition) is 7. The Morgan fingerprint density at radius 1 is 0.661 bits per heavy atom. The molecule has 0 aliphatic carbocycles. The number of carbonyl (C=O) groups is 4. The van der Waals surface area contributed by atoms with Crippen molar-refractivity contribution in [3.63, 3.8) is 0 Å². The van der Waals surface area contributed by atoms with Crippen molar-refractivity contribution in [3.05, 3.63) is 59.7 Å². The summed E-state index contributed by atoms with van der Waals surface area (Å²) < 4.78 is 0. The van der Waals surface area contributed by atoms with Gasteiger partial charge in [0.05, 0.1) is 0 Å². The van der Waals surface area contributed by atoms with E-state index in [1.165, 1.54) is 19.3 Å². The molecule has 4 amide bonds. The number of allylic oxidation sites excluding steroid dienone is 4. The number of carbonyl (C=O) groups excluding carboxylic acids is 4. The summed E-state index contributed by atoms with van der Waals surface area (Å²) in [6.07, 6.45) is 22.3. The molecule has 3 atom stereocenters. The van der Waals surface area contributed by atoms with Crippen molar-refractivity contribution in [2.45, 2.75) is 148 Å². The van der Waals surface area contributed by atoms with Crippen LogP contribution >= 0.6 is 0 Å². The number of hydrogen-bond donors (Lipinski definition) is 10. The number of nitrogen functional groups attached to an aromatic ring is 1. The van der Waals surface area contributed by atoms with Gasteiger partial charge in [0.15, 0.2) is 11.9 Å². The van der Waals surface area contributed by atoms with Gasteiger partial charge in [-0.1, -0.05) is 101 Å². The third kappa shape index (κ3) is 25.5. The van der Waals surface area contributed by atoms with Gasteiger partial charge in [0.25, 0.3) is 0 Å². The number of rotatable bonds is 32. The second-order valence-electron chi connectivity index (χ2n) is 15.1. The SMILES string of the molecule is CCCCC/C=C\C/C=C\CCCCCCCC(=O)N[C@@H](CCCN=C(N)N)C(=O)NC(C(=O)N[C@@H](CCCN=C(N)N)C(=O)NCc1ccc(C(=N)N)cc1)C(C)C. The predicted octanol–water partition coefficient (Wildman–Crippen LogP) is 3.62. The summed E-state index contributed by atoms with van der Waals surface area (Å²) >= 11 is 0. The van der Waals surface area contributed by atoms with E-state index in [0.29, 0.717) is 24.8 Å². The Morgan fingerprint density at radius 2 is 1.20 bits per heavy atom. The number of amides is 4. The van der Waals surface area contributed by atoms with Gasteiger partial charge in [-0.2, -0.15) is 0 Å².